The maximum atomic E-state index is 11.3. The van der Waals surface area contributed by atoms with Gasteiger partial charge in [-0.3, -0.25) is 9.79 Å². The van der Waals surface area contributed by atoms with Crippen LogP contribution >= 0.6 is 22.9 Å². The number of halogens is 1. The summed E-state index contributed by atoms with van der Waals surface area (Å²) in [5, 5.41) is 1.36. The van der Waals surface area contributed by atoms with Gasteiger partial charge >= 0.3 is 0 Å². The molecule has 130 valence electrons. The summed E-state index contributed by atoms with van der Waals surface area (Å²) in [6.07, 6.45) is 14.4. The van der Waals surface area contributed by atoms with Crippen LogP contribution in [-0.2, 0) is 6.54 Å². The highest BCUT2D eigenvalue weighted by Gasteiger charge is 2.12. The summed E-state index contributed by atoms with van der Waals surface area (Å²) in [4.78, 5) is 23.5. The van der Waals surface area contributed by atoms with Crippen LogP contribution in [0.1, 0.15) is 29.1 Å². The fourth-order valence-electron chi connectivity index (χ4n) is 2.14. The van der Waals surface area contributed by atoms with Crippen molar-refractivity contribution in [2.24, 2.45) is 4.99 Å². The Bertz CT molecular complexity index is 837. The number of hydrogen-bond donors (Lipinski definition) is 0. The summed E-state index contributed by atoms with van der Waals surface area (Å²) in [6, 6.07) is 3.62. The van der Waals surface area contributed by atoms with Crippen LogP contribution in [0.5, 0.6) is 0 Å². The van der Waals surface area contributed by atoms with E-state index in [9.17, 15) is 4.79 Å². The Morgan fingerprint density at radius 3 is 2.80 bits per heavy atom. The Morgan fingerprint density at radius 1 is 1.28 bits per heavy atom. The van der Waals surface area contributed by atoms with Crippen molar-refractivity contribution in [1.29, 1.82) is 0 Å². The van der Waals surface area contributed by atoms with Crippen molar-refractivity contribution in [3.8, 4) is 0 Å². The Kier molecular flexibility index (Phi) is 7.57. The van der Waals surface area contributed by atoms with Gasteiger partial charge in [-0.2, -0.15) is 0 Å². The van der Waals surface area contributed by atoms with E-state index in [1.807, 2.05) is 54.5 Å². The highest BCUT2D eigenvalue weighted by Crippen LogP contribution is 2.30. The van der Waals surface area contributed by atoms with E-state index in [0.717, 1.165) is 28.6 Å². The molecule has 2 rings (SSSR count). The molecule has 6 heteroatoms. The first-order valence-corrected chi connectivity index (χ1v) is 9.14. The summed E-state index contributed by atoms with van der Waals surface area (Å²) in [5.41, 5.74) is 0.892. The second-order valence-corrected chi connectivity index (χ2v) is 6.51. The van der Waals surface area contributed by atoms with Crippen LogP contribution < -0.4 is 0 Å². The molecule has 0 saturated heterocycles. The van der Waals surface area contributed by atoms with Crippen LogP contribution in [0.15, 0.2) is 53.7 Å². The van der Waals surface area contributed by atoms with Gasteiger partial charge in [-0.1, -0.05) is 35.9 Å². The smallest absolute Gasteiger partial charge is 0.160 e. The van der Waals surface area contributed by atoms with E-state index in [0.29, 0.717) is 16.6 Å². The van der Waals surface area contributed by atoms with Gasteiger partial charge in [0, 0.05) is 23.7 Å². The lowest BCUT2D eigenvalue weighted by Gasteiger charge is -2.10. The van der Waals surface area contributed by atoms with Gasteiger partial charge in [0.25, 0.3) is 0 Å². The fourth-order valence-corrected chi connectivity index (χ4v) is 3.34. The van der Waals surface area contributed by atoms with Gasteiger partial charge in [-0.05, 0) is 32.1 Å². The number of nitrogens with zero attached hydrogens (tertiary/aromatic N) is 3. The average Bonchev–Trinajstić information content (AvgIpc) is 2.96. The minimum atomic E-state index is 0.425. The predicted molar refractivity (Wildman–Crippen MR) is 108 cm³/mol. The first-order valence-electron chi connectivity index (χ1n) is 7.94. The van der Waals surface area contributed by atoms with Crippen LogP contribution in [0, 0.1) is 0 Å². The number of fused-ring (bicyclic) bond motifs is 1. The van der Waals surface area contributed by atoms with Crippen LogP contribution in [0.2, 0.25) is 5.15 Å². The second-order valence-electron chi connectivity index (χ2n) is 5.09. The lowest BCUT2D eigenvalue weighted by molar-refractivity contribution is 0.112. The Morgan fingerprint density at radius 2 is 2.08 bits per heavy atom. The molecule has 25 heavy (non-hydrogen) atoms. The molecule has 0 unspecified atom stereocenters. The molecule has 0 N–H and O–H groups in total. The summed E-state index contributed by atoms with van der Waals surface area (Å²) in [6.45, 7) is 5.26. The quantitative estimate of drug-likeness (QED) is 0.208. The molecular formula is C19H20ClN3OS. The number of thiophene rings is 1. The number of carbonyl (C=O) groups is 1. The molecule has 0 atom stereocenters. The molecule has 0 aliphatic carbocycles. The van der Waals surface area contributed by atoms with Gasteiger partial charge in [0.2, 0.25) is 0 Å². The molecule has 2 aromatic rings. The monoisotopic (exact) mass is 373 g/mol. The van der Waals surface area contributed by atoms with Crippen molar-refractivity contribution in [2.45, 2.75) is 20.4 Å². The lowest BCUT2D eigenvalue weighted by Crippen LogP contribution is -2.13. The van der Waals surface area contributed by atoms with Crippen molar-refractivity contribution in [2.75, 3.05) is 6.54 Å². The van der Waals surface area contributed by atoms with E-state index in [4.69, 9.17) is 11.6 Å². The minimum Gasteiger partial charge on any atom is -0.340 e. The van der Waals surface area contributed by atoms with E-state index in [-0.39, 0.29) is 0 Å². The molecule has 0 aliphatic heterocycles. The van der Waals surface area contributed by atoms with Gasteiger partial charge in [-0.25, -0.2) is 4.98 Å². The Balaban J connectivity index is 2.12. The molecule has 0 amide bonds. The van der Waals surface area contributed by atoms with Crippen LogP contribution in [0.25, 0.3) is 10.2 Å². The van der Waals surface area contributed by atoms with E-state index < -0.39 is 0 Å². The van der Waals surface area contributed by atoms with Gasteiger partial charge in [-0.15, -0.1) is 11.3 Å². The zero-order valence-corrected chi connectivity index (χ0v) is 15.8. The Labute approximate surface area is 156 Å². The molecule has 2 heterocycles. The number of aliphatic imine (C=N–C) groups is 1. The first kappa shape index (κ1) is 19.1. The number of rotatable bonds is 8. The number of pyridine rings is 1. The van der Waals surface area contributed by atoms with Crippen molar-refractivity contribution >= 4 is 45.8 Å². The van der Waals surface area contributed by atoms with Gasteiger partial charge < -0.3 is 4.90 Å². The third-order valence-electron chi connectivity index (χ3n) is 3.41. The summed E-state index contributed by atoms with van der Waals surface area (Å²) in [7, 11) is 0. The van der Waals surface area contributed by atoms with Crippen LogP contribution in [-0.4, -0.2) is 29.1 Å². The zero-order valence-electron chi connectivity index (χ0n) is 14.2. The van der Waals surface area contributed by atoms with Crippen molar-refractivity contribution in [3.63, 3.8) is 0 Å². The molecule has 0 spiro atoms. The topological polar surface area (TPSA) is 45.6 Å². The maximum absolute atomic E-state index is 11.3. The van der Waals surface area contributed by atoms with E-state index in [2.05, 4.69) is 16.9 Å². The fraction of sp³-hybridized carbons (Fsp3) is 0.211. The molecular weight excluding hydrogens is 354 g/mol. The lowest BCUT2D eigenvalue weighted by atomic mass is 10.2. The standard InChI is InChI=1S/C19H20ClN3OS/c1-3-5-6-7-8-11-23(4-2)14-21-12-16-15-9-10-18(20)22-19(15)25-17(16)13-24/h3,5-11,13-14H,4,12H2,1-2H3/b5-3-,7-6-,11-8+,21-14?. The van der Waals surface area contributed by atoms with Crippen LogP contribution in [0.4, 0.5) is 0 Å². The molecule has 4 nitrogen and oxygen atoms in total. The summed E-state index contributed by atoms with van der Waals surface area (Å²) < 4.78 is 0. The SMILES string of the molecule is C\C=C/C=C\C=C\N(C=NCc1c(C=O)sc2nc(Cl)ccc12)CC. The number of allylic oxidation sites excluding steroid dienone is 5. The van der Waals surface area contributed by atoms with Crippen molar-refractivity contribution in [1.82, 2.24) is 9.88 Å². The molecule has 0 aromatic carbocycles. The zero-order chi connectivity index (χ0) is 18.1. The highest BCUT2D eigenvalue weighted by molar-refractivity contribution is 7.20. The van der Waals surface area contributed by atoms with E-state index in [1.165, 1.54) is 11.3 Å². The number of carbonyl (C=O) groups excluding carboxylic acids is 1. The predicted octanol–water partition coefficient (Wildman–Crippen LogP) is 5.26. The largest absolute Gasteiger partial charge is 0.340 e. The third kappa shape index (κ3) is 5.37. The van der Waals surface area contributed by atoms with Gasteiger partial charge in [0.1, 0.15) is 9.98 Å². The third-order valence-corrected chi connectivity index (χ3v) is 4.69. The summed E-state index contributed by atoms with van der Waals surface area (Å²) in [5.74, 6) is 0. The molecule has 0 bridgehead atoms. The number of aldehydes is 1. The summed E-state index contributed by atoms with van der Waals surface area (Å²) >= 11 is 7.27. The van der Waals surface area contributed by atoms with E-state index >= 15 is 0 Å². The molecule has 2 aromatic heterocycles. The molecule has 0 saturated carbocycles. The first-order chi connectivity index (χ1) is 12.2. The normalized spacial score (nSPS) is 12.4. The minimum absolute atomic E-state index is 0.425. The average molecular weight is 374 g/mol. The van der Waals surface area contributed by atoms with E-state index in [1.54, 1.807) is 12.4 Å². The van der Waals surface area contributed by atoms with Crippen molar-refractivity contribution in [3.05, 3.63) is 64.3 Å². The molecule has 0 radical (unpaired) electrons. The molecule has 0 fully saturated rings. The van der Waals surface area contributed by atoms with Gasteiger partial charge in [0.05, 0.1) is 17.8 Å². The second kappa shape index (κ2) is 9.91. The van der Waals surface area contributed by atoms with Crippen LogP contribution in [0.3, 0.4) is 0 Å². The number of aromatic nitrogens is 1. The maximum Gasteiger partial charge on any atom is 0.160 e. The molecule has 0 aliphatic rings. The Hall–Kier alpha value is -2.24. The van der Waals surface area contributed by atoms with Gasteiger partial charge in [0.15, 0.2) is 6.29 Å². The number of hydrogen-bond acceptors (Lipinski definition) is 4. The van der Waals surface area contributed by atoms with Crippen molar-refractivity contribution < 1.29 is 4.79 Å². The highest BCUT2D eigenvalue weighted by atomic mass is 35.5.